The number of carbonyl (C=O) groups is 1. The molecule has 2 aromatic carbocycles. The first-order valence-electron chi connectivity index (χ1n) is 8.55. The Morgan fingerprint density at radius 3 is 2.27 bits per heavy atom. The molecular weight excluding hydrogens is 350 g/mol. The third-order valence-corrected chi connectivity index (χ3v) is 6.35. The number of rotatable bonds is 6. The van der Waals surface area contributed by atoms with E-state index in [0.717, 1.165) is 18.4 Å². The van der Waals surface area contributed by atoms with Crippen LogP contribution < -0.4 is 10.6 Å². The van der Waals surface area contributed by atoms with Crippen LogP contribution in [0.5, 0.6) is 0 Å². The molecule has 3 rings (SSSR count). The summed E-state index contributed by atoms with van der Waals surface area (Å²) < 4.78 is 26.3. The molecule has 1 saturated carbocycles. The second-order valence-corrected chi connectivity index (χ2v) is 8.57. The number of anilines is 1. The molecular formula is C19H23N3O3S. The average molecular weight is 373 g/mol. The van der Waals surface area contributed by atoms with Gasteiger partial charge < -0.3 is 10.6 Å². The van der Waals surface area contributed by atoms with Gasteiger partial charge in [0.25, 0.3) is 0 Å². The molecule has 1 fully saturated rings. The van der Waals surface area contributed by atoms with Crippen LogP contribution in [-0.4, -0.2) is 31.8 Å². The molecule has 1 aliphatic rings. The molecule has 6 nitrogen and oxygen atoms in total. The zero-order valence-corrected chi connectivity index (χ0v) is 15.7. The van der Waals surface area contributed by atoms with E-state index in [0.29, 0.717) is 12.2 Å². The standard InChI is InChI=1S/C19H23N3O3S/c1-14-3-5-15(6-4-14)13-20-19(23)21-16-7-11-18(12-8-16)26(24,25)22(2)17-9-10-17/h3-8,11-12,17H,9-10,13H2,1-2H3,(H2,20,21,23). The van der Waals surface area contributed by atoms with Crippen LogP contribution in [-0.2, 0) is 16.6 Å². The summed E-state index contributed by atoms with van der Waals surface area (Å²) in [6, 6.07) is 13.9. The topological polar surface area (TPSA) is 78.5 Å². The van der Waals surface area contributed by atoms with Gasteiger partial charge in [-0.1, -0.05) is 29.8 Å². The van der Waals surface area contributed by atoms with Crippen molar-refractivity contribution in [2.75, 3.05) is 12.4 Å². The molecule has 7 heteroatoms. The summed E-state index contributed by atoms with van der Waals surface area (Å²) in [5.41, 5.74) is 2.72. The second-order valence-electron chi connectivity index (χ2n) is 6.57. The number of hydrogen-bond donors (Lipinski definition) is 2. The van der Waals surface area contributed by atoms with Gasteiger partial charge in [0, 0.05) is 25.3 Å². The van der Waals surface area contributed by atoms with Crippen molar-refractivity contribution in [1.29, 1.82) is 0 Å². The summed E-state index contributed by atoms with van der Waals surface area (Å²) in [5, 5.41) is 5.48. The van der Waals surface area contributed by atoms with Crippen LogP contribution in [0.1, 0.15) is 24.0 Å². The molecule has 2 aromatic rings. The first-order valence-corrected chi connectivity index (χ1v) is 9.99. The van der Waals surface area contributed by atoms with Gasteiger partial charge in [0.05, 0.1) is 4.90 Å². The van der Waals surface area contributed by atoms with Gasteiger partial charge in [0.15, 0.2) is 0 Å². The largest absolute Gasteiger partial charge is 0.334 e. The van der Waals surface area contributed by atoms with Crippen molar-refractivity contribution < 1.29 is 13.2 Å². The smallest absolute Gasteiger partial charge is 0.319 e. The van der Waals surface area contributed by atoms with Crippen LogP contribution in [0.4, 0.5) is 10.5 Å². The minimum Gasteiger partial charge on any atom is -0.334 e. The Kier molecular flexibility index (Phi) is 5.29. The summed E-state index contributed by atoms with van der Waals surface area (Å²) in [7, 11) is -1.86. The molecule has 1 aliphatic carbocycles. The van der Waals surface area contributed by atoms with Gasteiger partial charge >= 0.3 is 6.03 Å². The van der Waals surface area contributed by atoms with Gasteiger partial charge in [0.2, 0.25) is 10.0 Å². The minimum atomic E-state index is -3.47. The van der Waals surface area contributed by atoms with E-state index in [1.807, 2.05) is 31.2 Å². The highest BCUT2D eigenvalue weighted by atomic mass is 32.2. The van der Waals surface area contributed by atoms with E-state index in [4.69, 9.17) is 0 Å². The minimum absolute atomic E-state index is 0.116. The molecule has 0 heterocycles. The van der Waals surface area contributed by atoms with E-state index in [9.17, 15) is 13.2 Å². The Bertz CT molecular complexity index is 873. The van der Waals surface area contributed by atoms with Crippen molar-refractivity contribution >= 4 is 21.7 Å². The molecule has 0 atom stereocenters. The summed E-state index contributed by atoms with van der Waals surface area (Å²) in [5.74, 6) is 0. The average Bonchev–Trinajstić information content (AvgIpc) is 3.46. The van der Waals surface area contributed by atoms with Gasteiger partial charge in [0.1, 0.15) is 0 Å². The monoisotopic (exact) mass is 373 g/mol. The molecule has 0 bridgehead atoms. The summed E-state index contributed by atoms with van der Waals surface area (Å²) >= 11 is 0. The molecule has 0 spiro atoms. The second kappa shape index (κ2) is 7.47. The fourth-order valence-corrected chi connectivity index (χ4v) is 3.99. The van der Waals surface area contributed by atoms with Gasteiger partial charge in [-0.15, -0.1) is 0 Å². The highest BCUT2D eigenvalue weighted by Gasteiger charge is 2.34. The normalized spacial score (nSPS) is 14.3. The molecule has 0 aromatic heterocycles. The SMILES string of the molecule is Cc1ccc(CNC(=O)Nc2ccc(S(=O)(=O)N(C)C3CC3)cc2)cc1. The van der Waals surface area contributed by atoms with Gasteiger partial charge in [-0.25, -0.2) is 13.2 Å². The fraction of sp³-hybridized carbons (Fsp3) is 0.316. The first-order chi connectivity index (χ1) is 12.4. The third-order valence-electron chi connectivity index (χ3n) is 4.42. The van der Waals surface area contributed by atoms with Crippen molar-refractivity contribution in [2.45, 2.75) is 37.2 Å². The lowest BCUT2D eigenvalue weighted by Crippen LogP contribution is -2.29. The summed E-state index contributed by atoms with van der Waals surface area (Å²) in [6.45, 7) is 2.43. The van der Waals surface area contributed by atoms with Crippen molar-refractivity contribution in [3.8, 4) is 0 Å². The van der Waals surface area contributed by atoms with E-state index < -0.39 is 10.0 Å². The van der Waals surface area contributed by atoms with Crippen LogP contribution in [0.3, 0.4) is 0 Å². The number of hydrogen-bond acceptors (Lipinski definition) is 3. The van der Waals surface area contributed by atoms with Crippen LogP contribution in [0.15, 0.2) is 53.4 Å². The number of nitrogens with zero attached hydrogens (tertiary/aromatic N) is 1. The summed E-state index contributed by atoms with van der Waals surface area (Å²) in [6.07, 6.45) is 1.83. The predicted molar refractivity (Wildman–Crippen MR) is 101 cm³/mol. The maximum atomic E-state index is 12.5. The van der Waals surface area contributed by atoms with Gasteiger partial charge in [-0.05, 0) is 49.6 Å². The van der Waals surface area contributed by atoms with E-state index in [1.54, 1.807) is 19.2 Å². The Morgan fingerprint density at radius 1 is 1.08 bits per heavy atom. The number of carbonyl (C=O) groups excluding carboxylic acids is 1. The molecule has 138 valence electrons. The molecule has 2 amide bonds. The lowest BCUT2D eigenvalue weighted by Gasteiger charge is -2.16. The van der Waals surface area contributed by atoms with E-state index in [-0.39, 0.29) is 17.0 Å². The Hall–Kier alpha value is -2.38. The van der Waals surface area contributed by atoms with Gasteiger partial charge in [-0.2, -0.15) is 4.31 Å². The van der Waals surface area contributed by atoms with Crippen LogP contribution in [0, 0.1) is 6.92 Å². The third kappa shape index (κ3) is 4.42. The lowest BCUT2D eigenvalue weighted by molar-refractivity contribution is 0.251. The van der Waals surface area contributed by atoms with Crippen molar-refractivity contribution in [3.63, 3.8) is 0 Å². The maximum Gasteiger partial charge on any atom is 0.319 e. The fourth-order valence-electron chi connectivity index (χ4n) is 2.57. The van der Waals surface area contributed by atoms with Crippen molar-refractivity contribution in [2.24, 2.45) is 0 Å². The Morgan fingerprint density at radius 2 is 1.69 bits per heavy atom. The number of amides is 2. The van der Waals surface area contributed by atoms with E-state index in [2.05, 4.69) is 10.6 Å². The van der Waals surface area contributed by atoms with Crippen LogP contribution in [0.25, 0.3) is 0 Å². The molecule has 0 radical (unpaired) electrons. The zero-order chi connectivity index (χ0) is 18.7. The predicted octanol–water partition coefficient (Wildman–Crippen LogP) is 3.10. The summed E-state index contributed by atoms with van der Waals surface area (Å²) in [4.78, 5) is 12.2. The quantitative estimate of drug-likeness (QED) is 0.817. The number of sulfonamides is 1. The first kappa shape index (κ1) is 18.4. The molecule has 0 saturated heterocycles. The number of nitrogens with one attached hydrogen (secondary N) is 2. The molecule has 26 heavy (non-hydrogen) atoms. The number of urea groups is 1. The number of benzene rings is 2. The Labute approximate surface area is 154 Å². The number of aryl methyl sites for hydroxylation is 1. The van der Waals surface area contributed by atoms with Crippen molar-refractivity contribution in [1.82, 2.24) is 9.62 Å². The lowest BCUT2D eigenvalue weighted by atomic mass is 10.1. The van der Waals surface area contributed by atoms with E-state index >= 15 is 0 Å². The highest BCUT2D eigenvalue weighted by Crippen LogP contribution is 2.30. The molecule has 0 unspecified atom stereocenters. The van der Waals surface area contributed by atoms with Crippen molar-refractivity contribution in [3.05, 3.63) is 59.7 Å². The highest BCUT2D eigenvalue weighted by molar-refractivity contribution is 7.89. The Balaban J connectivity index is 1.56. The van der Waals surface area contributed by atoms with Gasteiger partial charge in [-0.3, -0.25) is 0 Å². The zero-order valence-electron chi connectivity index (χ0n) is 14.9. The molecule has 0 aliphatic heterocycles. The van der Waals surface area contributed by atoms with Crippen LogP contribution >= 0.6 is 0 Å². The van der Waals surface area contributed by atoms with Crippen LogP contribution in [0.2, 0.25) is 0 Å². The maximum absolute atomic E-state index is 12.5. The van der Waals surface area contributed by atoms with E-state index in [1.165, 1.54) is 22.0 Å². The molecule has 2 N–H and O–H groups in total.